The summed E-state index contributed by atoms with van der Waals surface area (Å²) in [6.07, 6.45) is -0.779. The monoisotopic (exact) mass is 1150 g/mol. The lowest BCUT2D eigenvalue weighted by Crippen LogP contribution is -2.59. The van der Waals surface area contributed by atoms with E-state index in [1.807, 2.05) is 90.9 Å². The van der Waals surface area contributed by atoms with Crippen LogP contribution in [0.5, 0.6) is 0 Å². The van der Waals surface area contributed by atoms with Crippen molar-refractivity contribution in [3.8, 4) is 0 Å². The van der Waals surface area contributed by atoms with Gasteiger partial charge in [-0.3, -0.25) is 48.1 Å². The Morgan fingerprint density at radius 2 is 1.35 bits per heavy atom. The standard InChI is InChI=1S/C60H97N9O13/c1-16-38(8)53(68(13)60(79)51(36(4)5)65-59(78)52(37(6)7)67(11)12)46(80-14)33-48(71)69-31-21-24-45(69)54(81-15)39(9)55(74)63-44(32-41-22-18-17-19-23-41)57(76)66-82-34-42-27-29-43(30-28-42)62-56(75)40(10)61-58(77)50(35(2)3)64-47(70)25-20-26-49(72)73/h17-19,22-23,27-30,35-40,44-46,50-54,56,62,75H,16,20-21,24-26,31-34H2,1-15H3,(H,61,77)(H,63,74)(H,64,70)(H,65,78)(H,66,76)(H,72,73)/t38-,39+,40+,44-,45-,46+,50+,51-,52-,53-,54+,56?/m0/s1. The van der Waals surface area contributed by atoms with E-state index in [2.05, 4.69) is 32.1 Å². The Kier molecular flexibility index (Phi) is 29.4. The summed E-state index contributed by atoms with van der Waals surface area (Å²) >= 11 is 0. The number of carboxylic acid groups (broad SMARTS) is 1. The second-order valence-corrected chi connectivity index (χ2v) is 23.1. The lowest BCUT2D eigenvalue weighted by Gasteiger charge is -2.41. The van der Waals surface area contributed by atoms with E-state index in [0.29, 0.717) is 37.1 Å². The molecule has 0 bridgehead atoms. The first kappa shape index (κ1) is 70.1. The third-order valence-corrected chi connectivity index (χ3v) is 15.4. The largest absolute Gasteiger partial charge is 0.481 e. The van der Waals surface area contributed by atoms with E-state index in [4.69, 9.17) is 19.4 Å². The molecule has 0 spiro atoms. The van der Waals surface area contributed by atoms with Gasteiger partial charge in [-0.2, -0.15) is 0 Å². The number of carboxylic acids is 1. The van der Waals surface area contributed by atoms with E-state index in [0.717, 1.165) is 5.56 Å². The average molecular weight is 1150 g/mol. The number of aliphatic carboxylic acids is 1. The number of rotatable bonds is 35. The van der Waals surface area contributed by atoms with Crippen LogP contribution in [0.3, 0.4) is 0 Å². The molecular weight excluding hydrogens is 1050 g/mol. The van der Waals surface area contributed by atoms with Crippen LogP contribution >= 0.6 is 0 Å². The number of hydroxylamine groups is 1. The number of methoxy groups -OCH3 is 2. The number of hydrogen-bond donors (Lipinski definition) is 8. The highest BCUT2D eigenvalue weighted by molar-refractivity contribution is 5.91. The predicted molar refractivity (Wildman–Crippen MR) is 312 cm³/mol. The molecule has 2 aromatic carbocycles. The summed E-state index contributed by atoms with van der Waals surface area (Å²) in [7, 11) is 8.41. The molecule has 3 rings (SSSR count). The summed E-state index contributed by atoms with van der Waals surface area (Å²) < 4.78 is 12.1. The molecule has 1 unspecified atom stereocenters. The van der Waals surface area contributed by atoms with Gasteiger partial charge in [0.15, 0.2) is 0 Å². The fourth-order valence-corrected chi connectivity index (χ4v) is 10.6. The topological polar surface area (TPSA) is 287 Å². The van der Waals surface area contributed by atoms with Crippen molar-refractivity contribution >= 4 is 53.0 Å². The summed E-state index contributed by atoms with van der Waals surface area (Å²) in [5.74, 6) is -5.20. The smallest absolute Gasteiger partial charge is 0.303 e. The number of carbonyl (C=O) groups excluding carboxylic acids is 7. The zero-order valence-electron chi connectivity index (χ0n) is 51.2. The zero-order valence-corrected chi connectivity index (χ0v) is 51.2. The van der Waals surface area contributed by atoms with Crippen LogP contribution in [0, 0.1) is 29.6 Å². The van der Waals surface area contributed by atoms with Gasteiger partial charge in [-0.05, 0) is 87.2 Å². The van der Waals surface area contributed by atoms with Crippen LogP contribution in [0.1, 0.15) is 125 Å². The maximum atomic E-state index is 14.5. The molecule has 22 nitrogen and oxygen atoms in total. The van der Waals surface area contributed by atoms with Crippen molar-refractivity contribution in [3.63, 3.8) is 0 Å². The van der Waals surface area contributed by atoms with Crippen molar-refractivity contribution < 1.29 is 62.9 Å². The lowest BCUT2D eigenvalue weighted by atomic mass is 9.89. The van der Waals surface area contributed by atoms with Gasteiger partial charge in [0.05, 0.1) is 55.3 Å². The highest BCUT2D eigenvalue weighted by Crippen LogP contribution is 2.30. The molecule has 12 atom stereocenters. The van der Waals surface area contributed by atoms with Gasteiger partial charge in [0.1, 0.15) is 24.4 Å². The number of nitrogens with zero attached hydrogens (tertiary/aromatic N) is 3. The molecule has 1 aliphatic rings. The van der Waals surface area contributed by atoms with Crippen LogP contribution in [-0.4, -0.2) is 175 Å². The van der Waals surface area contributed by atoms with Gasteiger partial charge in [0, 0.05) is 52.8 Å². The van der Waals surface area contributed by atoms with Crippen LogP contribution in [-0.2, 0) is 65.7 Å². The molecular formula is C60H97N9O13. The second kappa shape index (κ2) is 34.4. The van der Waals surface area contributed by atoms with Crippen LogP contribution in [0.2, 0.25) is 0 Å². The highest BCUT2D eigenvalue weighted by Gasteiger charge is 2.44. The highest BCUT2D eigenvalue weighted by atomic mass is 16.7. The van der Waals surface area contributed by atoms with Crippen LogP contribution < -0.4 is 32.1 Å². The van der Waals surface area contributed by atoms with Gasteiger partial charge in [0.25, 0.3) is 5.91 Å². The van der Waals surface area contributed by atoms with E-state index < -0.39 is 96.2 Å². The molecule has 82 heavy (non-hydrogen) atoms. The molecule has 0 aromatic heterocycles. The van der Waals surface area contributed by atoms with Gasteiger partial charge in [-0.1, -0.05) is 111 Å². The molecule has 0 aliphatic carbocycles. The molecule has 0 saturated carbocycles. The van der Waals surface area contributed by atoms with Crippen LogP contribution in [0.4, 0.5) is 5.69 Å². The molecule has 7 amide bonds. The molecule has 460 valence electrons. The first-order chi connectivity index (χ1) is 38.7. The van der Waals surface area contributed by atoms with E-state index in [-0.39, 0.29) is 80.1 Å². The number of likely N-dealkylation sites (N-methyl/N-ethyl adjacent to an activating group) is 2. The number of anilines is 1. The summed E-state index contributed by atoms with van der Waals surface area (Å²) in [4.78, 5) is 118. The maximum absolute atomic E-state index is 14.5. The number of carbonyl (C=O) groups is 8. The van der Waals surface area contributed by atoms with Crippen molar-refractivity contribution in [1.82, 2.24) is 41.4 Å². The first-order valence-electron chi connectivity index (χ1n) is 28.9. The minimum Gasteiger partial charge on any atom is -0.481 e. The number of hydrogen-bond acceptors (Lipinski definition) is 14. The number of aliphatic hydroxyl groups excluding tert-OH is 1. The van der Waals surface area contributed by atoms with Crippen LogP contribution in [0.15, 0.2) is 54.6 Å². The number of ether oxygens (including phenoxy) is 2. The van der Waals surface area contributed by atoms with Crippen LogP contribution in [0.25, 0.3) is 0 Å². The third kappa shape index (κ3) is 21.2. The van der Waals surface area contributed by atoms with Crippen molar-refractivity contribution in [2.75, 3.05) is 47.2 Å². The molecule has 1 heterocycles. The Labute approximate surface area is 486 Å². The average Bonchev–Trinajstić information content (AvgIpc) is 3.91. The van der Waals surface area contributed by atoms with E-state index in [1.54, 1.807) is 68.8 Å². The van der Waals surface area contributed by atoms with Crippen molar-refractivity contribution in [1.29, 1.82) is 0 Å². The summed E-state index contributed by atoms with van der Waals surface area (Å²) in [5, 5.41) is 34.0. The minimum absolute atomic E-state index is 0.00365. The molecule has 1 saturated heterocycles. The van der Waals surface area contributed by atoms with Gasteiger partial charge in [-0.25, -0.2) is 5.48 Å². The Morgan fingerprint density at radius 3 is 1.90 bits per heavy atom. The van der Waals surface area contributed by atoms with E-state index in [1.165, 1.54) is 14.2 Å². The molecule has 8 N–H and O–H groups in total. The quantitative estimate of drug-likeness (QED) is 0.0354. The van der Waals surface area contributed by atoms with E-state index in [9.17, 15) is 43.5 Å². The van der Waals surface area contributed by atoms with Gasteiger partial charge in [-0.15, -0.1) is 0 Å². The van der Waals surface area contributed by atoms with Gasteiger partial charge in [0.2, 0.25) is 35.4 Å². The van der Waals surface area contributed by atoms with Crippen molar-refractivity contribution in [3.05, 3.63) is 65.7 Å². The zero-order chi connectivity index (χ0) is 61.5. The molecule has 1 fully saturated rings. The number of likely N-dealkylation sites (tertiary alicyclic amines) is 1. The van der Waals surface area contributed by atoms with E-state index >= 15 is 0 Å². The van der Waals surface area contributed by atoms with Gasteiger partial charge >= 0.3 is 5.97 Å². The molecule has 0 radical (unpaired) electrons. The van der Waals surface area contributed by atoms with Crippen molar-refractivity contribution in [2.45, 2.75) is 188 Å². The number of nitrogens with one attached hydrogen (secondary N) is 6. The Hall–Kier alpha value is -6.20. The Morgan fingerprint density at radius 1 is 0.720 bits per heavy atom. The minimum atomic E-state index is -1.23. The molecule has 2 aromatic rings. The number of benzene rings is 2. The van der Waals surface area contributed by atoms with Crippen molar-refractivity contribution in [2.24, 2.45) is 29.6 Å². The number of amides is 7. The van der Waals surface area contributed by atoms with Gasteiger partial charge < -0.3 is 56.1 Å². The fraction of sp³-hybridized carbons (Fsp3) is 0.667. The SMILES string of the molecule is CC[C@H](C)[C@@H]([C@@H](CC(=O)N1CCC[C@H]1[C@H](OC)[C@@H](C)C(=O)N[C@@H](Cc1ccccc1)C(=O)NOCc1ccc(NC(O)[C@@H](C)NC(=O)[C@H](NC(=O)CCCC(=O)O)C(C)C)cc1)OC)N(C)C(=O)[C@@H](NC(=O)[C@H](C(C)C)N(C)C)C(C)C. The second-order valence-electron chi connectivity index (χ2n) is 23.1. The predicted octanol–water partition coefficient (Wildman–Crippen LogP) is 4.24. The first-order valence-corrected chi connectivity index (χ1v) is 28.9. The summed E-state index contributed by atoms with van der Waals surface area (Å²) in [5.41, 5.74) is 4.44. The summed E-state index contributed by atoms with van der Waals surface area (Å²) in [6.45, 7) is 18.9. The Balaban J connectivity index is 1.69. The number of aliphatic hydroxyl groups is 1. The lowest BCUT2D eigenvalue weighted by molar-refractivity contribution is -0.148. The third-order valence-electron chi connectivity index (χ3n) is 15.4. The molecule has 22 heteroatoms. The normalized spacial score (nSPS) is 17.6. The summed E-state index contributed by atoms with van der Waals surface area (Å²) in [6, 6.07) is 10.9. The maximum Gasteiger partial charge on any atom is 0.303 e. The fourth-order valence-electron chi connectivity index (χ4n) is 10.6. The Bertz CT molecular complexity index is 2350. The molecule has 1 aliphatic heterocycles.